The van der Waals surface area contributed by atoms with Crippen LogP contribution in [0.5, 0.6) is 5.75 Å². The quantitative estimate of drug-likeness (QED) is 0.707. The number of rotatable bonds is 8. The van der Waals surface area contributed by atoms with Gasteiger partial charge in [0.1, 0.15) is 11.8 Å². The Hall–Kier alpha value is -2.82. The molecule has 0 saturated heterocycles. The van der Waals surface area contributed by atoms with Crippen LogP contribution < -0.4 is 10.1 Å². The number of hydrogen-bond donors (Lipinski definition) is 1. The van der Waals surface area contributed by atoms with E-state index in [1.807, 2.05) is 83.1 Å². The van der Waals surface area contributed by atoms with Crippen molar-refractivity contribution in [2.45, 2.75) is 65.6 Å². The topological polar surface area (TPSA) is 58.6 Å². The number of nitrogens with zero attached hydrogens (tertiary/aromatic N) is 1. The van der Waals surface area contributed by atoms with Gasteiger partial charge in [0.05, 0.1) is 13.5 Å². The Kier molecular flexibility index (Phi) is 8.04. The van der Waals surface area contributed by atoms with E-state index in [0.29, 0.717) is 13.0 Å². The fourth-order valence-electron chi connectivity index (χ4n) is 3.32. The number of carbonyl (C=O) groups excluding carboxylic acids is 2. The van der Waals surface area contributed by atoms with E-state index < -0.39 is 6.04 Å². The molecule has 30 heavy (non-hydrogen) atoms. The summed E-state index contributed by atoms with van der Waals surface area (Å²) in [6, 6.07) is 15.0. The first-order valence-corrected chi connectivity index (χ1v) is 10.4. The normalized spacial score (nSPS) is 12.2. The zero-order chi connectivity index (χ0) is 22.3. The first-order chi connectivity index (χ1) is 14.1. The van der Waals surface area contributed by atoms with Gasteiger partial charge in [0.15, 0.2) is 0 Å². The van der Waals surface area contributed by atoms with Crippen molar-refractivity contribution in [2.75, 3.05) is 7.11 Å². The first-order valence-electron chi connectivity index (χ1n) is 10.4. The molecule has 0 fully saturated rings. The molecule has 5 heteroatoms. The van der Waals surface area contributed by atoms with Gasteiger partial charge in [-0.15, -0.1) is 0 Å². The minimum absolute atomic E-state index is 0.0717. The molecule has 2 aromatic rings. The van der Waals surface area contributed by atoms with Gasteiger partial charge in [-0.3, -0.25) is 9.59 Å². The highest BCUT2D eigenvalue weighted by Crippen LogP contribution is 2.19. The van der Waals surface area contributed by atoms with E-state index in [0.717, 1.165) is 22.4 Å². The third-order valence-corrected chi connectivity index (χ3v) is 4.85. The average molecular weight is 411 g/mol. The van der Waals surface area contributed by atoms with Gasteiger partial charge in [0.25, 0.3) is 0 Å². The van der Waals surface area contributed by atoms with Gasteiger partial charge in [-0.2, -0.15) is 0 Å². The molecule has 1 atom stereocenters. The summed E-state index contributed by atoms with van der Waals surface area (Å²) in [5, 5.41) is 3.03. The fourth-order valence-corrected chi connectivity index (χ4v) is 3.32. The molecule has 0 spiro atoms. The van der Waals surface area contributed by atoms with Crippen LogP contribution in [-0.2, 0) is 22.6 Å². The molecule has 0 saturated carbocycles. The zero-order valence-corrected chi connectivity index (χ0v) is 19.0. The largest absolute Gasteiger partial charge is 0.497 e. The Morgan fingerprint density at radius 3 is 2.30 bits per heavy atom. The summed E-state index contributed by atoms with van der Waals surface area (Å²) >= 11 is 0. The lowest BCUT2D eigenvalue weighted by Crippen LogP contribution is -2.53. The molecule has 0 aromatic heterocycles. The summed E-state index contributed by atoms with van der Waals surface area (Å²) in [6.07, 6.45) is 0.787. The van der Waals surface area contributed by atoms with Gasteiger partial charge in [-0.1, -0.05) is 48.9 Å². The van der Waals surface area contributed by atoms with E-state index in [1.165, 1.54) is 0 Å². The Morgan fingerprint density at radius 2 is 1.73 bits per heavy atom. The third-order valence-electron chi connectivity index (χ3n) is 4.85. The molecular weight excluding hydrogens is 376 g/mol. The molecule has 2 aromatic carbocycles. The van der Waals surface area contributed by atoms with E-state index in [-0.39, 0.29) is 23.8 Å². The van der Waals surface area contributed by atoms with Crippen LogP contribution in [0, 0.1) is 6.92 Å². The molecule has 0 aliphatic carbocycles. The van der Waals surface area contributed by atoms with Crippen molar-refractivity contribution in [2.24, 2.45) is 0 Å². The van der Waals surface area contributed by atoms with E-state index >= 15 is 0 Å². The number of ether oxygens (including phenoxy) is 1. The first kappa shape index (κ1) is 23.5. The van der Waals surface area contributed by atoms with Gasteiger partial charge >= 0.3 is 0 Å². The summed E-state index contributed by atoms with van der Waals surface area (Å²) < 4.78 is 5.32. The molecule has 162 valence electrons. The molecule has 0 radical (unpaired) electrons. The maximum Gasteiger partial charge on any atom is 0.243 e. The number of amides is 2. The molecule has 2 amide bonds. The number of methoxy groups -OCH3 is 1. The van der Waals surface area contributed by atoms with E-state index in [4.69, 9.17) is 4.74 Å². The fraction of sp³-hybridized carbons (Fsp3) is 0.440. The van der Waals surface area contributed by atoms with Gasteiger partial charge in [0, 0.05) is 12.1 Å². The second-order valence-electron chi connectivity index (χ2n) is 8.70. The molecular formula is C25H34N2O3. The number of aryl methyl sites for hydroxylation is 1. The zero-order valence-electron chi connectivity index (χ0n) is 19.0. The van der Waals surface area contributed by atoms with Crippen LogP contribution >= 0.6 is 0 Å². The standard InChI is InChI=1S/C25H34N2O3/c1-7-22(24(29)26-25(3,4)5)27(17-20-9-8-10-21(15-20)30-6)23(28)16-19-13-11-18(2)12-14-19/h8-15,22H,7,16-17H2,1-6H3,(H,26,29)/t22-/m1/s1. The van der Waals surface area contributed by atoms with Crippen molar-refractivity contribution in [3.8, 4) is 5.75 Å². The van der Waals surface area contributed by atoms with Gasteiger partial charge in [-0.25, -0.2) is 0 Å². The van der Waals surface area contributed by atoms with Crippen LogP contribution in [0.2, 0.25) is 0 Å². The highest BCUT2D eigenvalue weighted by atomic mass is 16.5. The van der Waals surface area contributed by atoms with Crippen molar-refractivity contribution < 1.29 is 14.3 Å². The summed E-state index contributed by atoms with van der Waals surface area (Å²) in [7, 11) is 1.62. The van der Waals surface area contributed by atoms with Gasteiger partial charge in [-0.05, 0) is 57.4 Å². The number of carbonyl (C=O) groups is 2. The lowest BCUT2D eigenvalue weighted by atomic mass is 10.0. The van der Waals surface area contributed by atoms with Crippen molar-refractivity contribution in [3.63, 3.8) is 0 Å². The van der Waals surface area contributed by atoms with Crippen LogP contribution in [0.1, 0.15) is 50.8 Å². The van der Waals surface area contributed by atoms with Crippen molar-refractivity contribution >= 4 is 11.8 Å². The maximum absolute atomic E-state index is 13.3. The second-order valence-corrected chi connectivity index (χ2v) is 8.70. The van der Waals surface area contributed by atoms with E-state index in [2.05, 4.69) is 5.32 Å². The Bertz CT molecular complexity index is 853. The predicted octanol–water partition coefficient (Wildman–Crippen LogP) is 4.27. The maximum atomic E-state index is 13.3. The van der Waals surface area contributed by atoms with E-state index in [1.54, 1.807) is 12.0 Å². The van der Waals surface area contributed by atoms with Crippen LogP contribution in [-0.4, -0.2) is 35.4 Å². The summed E-state index contributed by atoms with van der Waals surface area (Å²) in [5.74, 6) is 0.522. The number of hydrogen-bond acceptors (Lipinski definition) is 3. The van der Waals surface area contributed by atoms with Crippen LogP contribution in [0.15, 0.2) is 48.5 Å². The third kappa shape index (κ3) is 6.90. The highest BCUT2D eigenvalue weighted by molar-refractivity contribution is 5.88. The molecule has 2 rings (SSSR count). The number of nitrogens with one attached hydrogen (secondary N) is 1. The second kappa shape index (κ2) is 10.3. The molecule has 0 aliphatic rings. The smallest absolute Gasteiger partial charge is 0.243 e. The minimum atomic E-state index is -0.548. The summed E-state index contributed by atoms with van der Waals surface area (Å²) in [4.78, 5) is 28.0. The Balaban J connectivity index is 2.32. The molecule has 5 nitrogen and oxygen atoms in total. The molecule has 0 heterocycles. The van der Waals surface area contributed by atoms with Crippen LogP contribution in [0.3, 0.4) is 0 Å². The van der Waals surface area contributed by atoms with Crippen molar-refractivity contribution in [1.29, 1.82) is 0 Å². The summed E-state index contributed by atoms with van der Waals surface area (Å²) in [5.41, 5.74) is 2.64. The minimum Gasteiger partial charge on any atom is -0.497 e. The molecule has 0 unspecified atom stereocenters. The highest BCUT2D eigenvalue weighted by Gasteiger charge is 2.30. The summed E-state index contributed by atoms with van der Waals surface area (Å²) in [6.45, 7) is 10.1. The lowest BCUT2D eigenvalue weighted by Gasteiger charge is -2.33. The molecule has 0 aliphatic heterocycles. The monoisotopic (exact) mass is 410 g/mol. The van der Waals surface area contributed by atoms with E-state index in [9.17, 15) is 9.59 Å². The number of benzene rings is 2. The predicted molar refractivity (Wildman–Crippen MR) is 120 cm³/mol. The van der Waals surface area contributed by atoms with Crippen molar-refractivity contribution in [3.05, 3.63) is 65.2 Å². The lowest BCUT2D eigenvalue weighted by molar-refractivity contribution is -0.141. The average Bonchev–Trinajstić information content (AvgIpc) is 2.68. The van der Waals surface area contributed by atoms with Gasteiger partial charge < -0.3 is 15.0 Å². The Labute approximate surface area is 180 Å². The SMILES string of the molecule is CC[C@H](C(=O)NC(C)(C)C)N(Cc1cccc(OC)c1)C(=O)Cc1ccc(C)cc1. The Morgan fingerprint density at radius 1 is 1.07 bits per heavy atom. The molecule has 0 bridgehead atoms. The molecule has 1 N–H and O–H groups in total. The van der Waals surface area contributed by atoms with Crippen molar-refractivity contribution in [1.82, 2.24) is 10.2 Å². The van der Waals surface area contributed by atoms with Crippen LogP contribution in [0.25, 0.3) is 0 Å². The van der Waals surface area contributed by atoms with Crippen LogP contribution in [0.4, 0.5) is 0 Å². The van der Waals surface area contributed by atoms with Gasteiger partial charge in [0.2, 0.25) is 11.8 Å².